The van der Waals surface area contributed by atoms with Gasteiger partial charge in [-0.3, -0.25) is 0 Å². The van der Waals surface area contributed by atoms with Crippen molar-refractivity contribution in [2.45, 2.75) is 51.4 Å². The Labute approximate surface area is 199 Å². The zero-order valence-corrected chi connectivity index (χ0v) is 20.5. The highest BCUT2D eigenvalue weighted by Gasteiger charge is 2.27. The van der Waals surface area contributed by atoms with E-state index in [-0.39, 0.29) is 5.92 Å². The average Bonchev–Trinajstić information content (AvgIpc) is 3.28. The minimum atomic E-state index is -0.672. The van der Waals surface area contributed by atoms with Gasteiger partial charge in [-0.1, -0.05) is 6.07 Å². The minimum absolute atomic E-state index is 0.200. The highest BCUT2D eigenvalue weighted by atomic mass is 32.2. The van der Waals surface area contributed by atoms with Gasteiger partial charge in [0.05, 0.1) is 12.1 Å². The molecule has 4 rings (SSSR count). The van der Waals surface area contributed by atoms with Crippen LogP contribution in [0.25, 0.3) is 16.7 Å². The van der Waals surface area contributed by atoms with Crippen LogP contribution in [0, 0.1) is 12.8 Å². The van der Waals surface area contributed by atoms with E-state index >= 15 is 0 Å². The second-order valence-corrected chi connectivity index (χ2v) is 9.64. The highest BCUT2D eigenvalue weighted by molar-refractivity contribution is 7.98. The number of nitrogens with zero attached hydrogens (tertiary/aromatic N) is 3. The fourth-order valence-electron chi connectivity index (χ4n) is 4.51. The number of hydrogen-bond donors (Lipinski definition) is 2. The topological polar surface area (TPSA) is 81.4 Å². The number of benzene rings is 1. The number of aryl methyl sites for hydroxylation is 1. The molecule has 2 heterocycles. The molecule has 1 aliphatic carbocycles. The Kier molecular flexibility index (Phi) is 8.11. The van der Waals surface area contributed by atoms with E-state index in [0.29, 0.717) is 12.0 Å². The van der Waals surface area contributed by atoms with Gasteiger partial charge >= 0.3 is 0 Å². The predicted octanol–water partition coefficient (Wildman–Crippen LogP) is 4.80. The number of ether oxygens (including phenoxy) is 2. The van der Waals surface area contributed by atoms with Crippen LogP contribution in [0.3, 0.4) is 0 Å². The Bertz CT molecular complexity index is 1050. The van der Waals surface area contributed by atoms with Crippen LogP contribution in [0.1, 0.15) is 37.7 Å². The van der Waals surface area contributed by atoms with Gasteiger partial charge in [0.2, 0.25) is 5.95 Å². The lowest BCUT2D eigenvalue weighted by Crippen LogP contribution is -2.32. The van der Waals surface area contributed by atoms with Gasteiger partial charge in [0.25, 0.3) is 0 Å². The fraction of sp³-hybridized carbons (Fsp3) is 0.520. The van der Waals surface area contributed by atoms with E-state index in [1.54, 1.807) is 7.11 Å². The summed E-state index contributed by atoms with van der Waals surface area (Å²) in [5.74, 6) is 3.71. The molecule has 1 atom stereocenters. The van der Waals surface area contributed by atoms with Crippen molar-refractivity contribution in [3.8, 4) is 11.6 Å². The summed E-state index contributed by atoms with van der Waals surface area (Å²) in [4.78, 5) is 9.40. The van der Waals surface area contributed by atoms with Crippen LogP contribution in [0.15, 0.2) is 36.7 Å². The molecule has 0 bridgehead atoms. The summed E-state index contributed by atoms with van der Waals surface area (Å²) >= 11 is 1.84. The highest BCUT2D eigenvalue weighted by Crippen LogP contribution is 2.31. The van der Waals surface area contributed by atoms with Crippen LogP contribution >= 0.6 is 11.8 Å². The van der Waals surface area contributed by atoms with Gasteiger partial charge in [-0.15, -0.1) is 0 Å². The minimum Gasteiger partial charge on any atom is -0.493 e. The summed E-state index contributed by atoms with van der Waals surface area (Å²) in [6.07, 6.45) is 10.2. The number of methoxy groups -OCH3 is 1. The van der Waals surface area contributed by atoms with Crippen molar-refractivity contribution in [3.63, 3.8) is 0 Å². The normalized spacial score (nSPS) is 19.5. The summed E-state index contributed by atoms with van der Waals surface area (Å²) in [5, 5.41) is 14.5. The van der Waals surface area contributed by atoms with Crippen molar-refractivity contribution in [1.29, 1.82) is 0 Å². The lowest BCUT2D eigenvalue weighted by atomic mass is 9.85. The van der Waals surface area contributed by atoms with Crippen LogP contribution in [0.5, 0.6) is 5.75 Å². The lowest BCUT2D eigenvalue weighted by molar-refractivity contribution is -0.120. The molecule has 3 aromatic rings. The summed E-state index contributed by atoms with van der Waals surface area (Å²) in [6, 6.07) is 8.55. The molecule has 0 spiro atoms. The molecule has 1 aromatic carbocycles. The number of anilines is 1. The van der Waals surface area contributed by atoms with Crippen LogP contribution in [0.2, 0.25) is 0 Å². The molecule has 1 fully saturated rings. The summed E-state index contributed by atoms with van der Waals surface area (Å²) in [5.41, 5.74) is 2.08. The Morgan fingerprint density at radius 1 is 1.24 bits per heavy atom. The molecule has 2 N–H and O–H groups in total. The van der Waals surface area contributed by atoms with E-state index in [1.165, 1.54) is 0 Å². The Morgan fingerprint density at radius 2 is 2.06 bits per heavy atom. The van der Waals surface area contributed by atoms with Crippen LogP contribution in [0.4, 0.5) is 5.95 Å². The van der Waals surface area contributed by atoms with E-state index in [4.69, 9.17) is 14.5 Å². The van der Waals surface area contributed by atoms with Crippen molar-refractivity contribution >= 4 is 28.6 Å². The van der Waals surface area contributed by atoms with E-state index in [1.807, 2.05) is 37.0 Å². The molecule has 1 saturated carbocycles. The van der Waals surface area contributed by atoms with Gasteiger partial charge in [-0.05, 0) is 69.2 Å². The van der Waals surface area contributed by atoms with Crippen molar-refractivity contribution in [2.75, 3.05) is 31.0 Å². The molecule has 0 radical (unpaired) electrons. The maximum absolute atomic E-state index is 9.93. The quantitative estimate of drug-likeness (QED) is 0.325. The monoisotopic (exact) mass is 470 g/mol. The standard InChI is InChI=1S/C25H34N4O3S/c1-17-16-26-25(27-19-10-8-18(9-11-19)24(30)31-2)28-23(17)29-13-12-20-21(29)6-4-7-22(20)32-14-5-15-33-3/h4,6-7,12-13,16,18-19,24,30H,5,8-11,14-15H2,1-3H3,(H,26,27,28). The Balaban J connectivity index is 1.50. The number of aliphatic hydroxyl groups excluding tert-OH is 1. The number of nitrogens with one attached hydrogen (secondary N) is 1. The predicted molar refractivity (Wildman–Crippen MR) is 134 cm³/mol. The zero-order chi connectivity index (χ0) is 23.2. The number of aliphatic hydroxyl groups is 1. The first-order valence-corrected chi connectivity index (χ1v) is 13.0. The molecular weight excluding hydrogens is 436 g/mol. The maximum Gasteiger partial charge on any atom is 0.224 e. The smallest absolute Gasteiger partial charge is 0.224 e. The van der Waals surface area contributed by atoms with Gasteiger partial charge in [-0.2, -0.15) is 16.7 Å². The number of hydrogen-bond acceptors (Lipinski definition) is 7. The Morgan fingerprint density at radius 3 is 2.82 bits per heavy atom. The zero-order valence-electron chi connectivity index (χ0n) is 19.7. The first-order chi connectivity index (χ1) is 16.1. The maximum atomic E-state index is 9.93. The van der Waals surface area contributed by atoms with Crippen LogP contribution in [-0.2, 0) is 4.74 Å². The molecule has 0 amide bonds. The number of aromatic nitrogens is 3. The molecule has 2 aromatic heterocycles. The summed E-state index contributed by atoms with van der Waals surface area (Å²) in [6.45, 7) is 2.75. The van der Waals surface area contributed by atoms with Crippen molar-refractivity contribution in [2.24, 2.45) is 5.92 Å². The molecule has 1 unspecified atom stereocenters. The lowest BCUT2D eigenvalue weighted by Gasteiger charge is -2.31. The van der Waals surface area contributed by atoms with Crippen LogP contribution in [-0.4, -0.2) is 57.7 Å². The van der Waals surface area contributed by atoms with Gasteiger partial charge in [0.1, 0.15) is 11.6 Å². The Hall–Kier alpha value is -2.29. The fourth-order valence-corrected chi connectivity index (χ4v) is 4.91. The molecule has 8 heteroatoms. The molecule has 0 aliphatic heterocycles. The summed E-state index contributed by atoms with van der Waals surface area (Å²) in [7, 11) is 1.56. The molecule has 7 nitrogen and oxygen atoms in total. The SMILES string of the molecule is COC(O)C1CCC(Nc2ncc(C)c(-n3ccc4c(OCCCSC)cccc43)n2)CC1. The van der Waals surface area contributed by atoms with Crippen molar-refractivity contribution < 1.29 is 14.6 Å². The number of fused-ring (bicyclic) bond motifs is 1. The van der Waals surface area contributed by atoms with Gasteiger partial charge in [0.15, 0.2) is 6.29 Å². The number of thioether (sulfide) groups is 1. The summed E-state index contributed by atoms with van der Waals surface area (Å²) < 4.78 is 13.3. The van der Waals surface area contributed by atoms with E-state index in [2.05, 4.69) is 39.5 Å². The molecular formula is C25H34N4O3S. The molecule has 33 heavy (non-hydrogen) atoms. The number of rotatable bonds is 10. The largest absolute Gasteiger partial charge is 0.493 e. The van der Waals surface area contributed by atoms with Gasteiger partial charge in [0, 0.05) is 42.4 Å². The third kappa shape index (κ3) is 5.62. The third-order valence-electron chi connectivity index (χ3n) is 6.37. The van der Waals surface area contributed by atoms with E-state index < -0.39 is 6.29 Å². The van der Waals surface area contributed by atoms with Gasteiger partial charge in [-0.25, -0.2) is 4.98 Å². The molecule has 178 valence electrons. The molecule has 0 saturated heterocycles. The first-order valence-electron chi connectivity index (χ1n) is 11.6. The van der Waals surface area contributed by atoms with Crippen LogP contribution < -0.4 is 10.1 Å². The van der Waals surface area contributed by atoms with E-state index in [9.17, 15) is 5.11 Å². The average molecular weight is 471 g/mol. The van der Waals surface area contributed by atoms with E-state index in [0.717, 1.165) is 72.5 Å². The third-order valence-corrected chi connectivity index (χ3v) is 7.06. The molecule has 1 aliphatic rings. The van der Waals surface area contributed by atoms with Gasteiger partial charge < -0.3 is 24.5 Å². The van der Waals surface area contributed by atoms with Crippen molar-refractivity contribution in [3.05, 3.63) is 42.2 Å². The van der Waals surface area contributed by atoms with Crippen molar-refractivity contribution in [1.82, 2.24) is 14.5 Å². The first kappa shape index (κ1) is 23.9. The second-order valence-electron chi connectivity index (χ2n) is 8.65. The second kappa shape index (κ2) is 11.2.